The summed E-state index contributed by atoms with van der Waals surface area (Å²) in [5, 5.41) is 0. The molecule has 0 bridgehead atoms. The topological polar surface area (TPSA) is 23.6 Å². The van der Waals surface area contributed by atoms with E-state index in [2.05, 4.69) is 6.92 Å². The normalized spacial score (nSPS) is 18.6. The van der Waals surface area contributed by atoms with Crippen LogP contribution in [-0.4, -0.2) is 29.9 Å². The second-order valence-corrected chi connectivity index (χ2v) is 6.32. The number of amides is 1. The second kappa shape index (κ2) is 7.31. The monoisotopic (exact) mass is 344 g/mol. The van der Waals surface area contributed by atoms with Crippen molar-refractivity contribution in [3.8, 4) is 0 Å². The number of carbonyl (C=O) groups excluding carboxylic acids is 1. The van der Waals surface area contributed by atoms with E-state index in [9.17, 15) is 13.6 Å². The summed E-state index contributed by atoms with van der Waals surface area (Å²) < 4.78 is 27.8. The highest BCUT2D eigenvalue weighted by Crippen LogP contribution is 2.26. The van der Waals surface area contributed by atoms with Crippen LogP contribution in [0, 0.1) is 11.6 Å². The van der Waals surface area contributed by atoms with E-state index in [1.807, 2.05) is 29.2 Å². The molecule has 1 fully saturated rings. The molecule has 1 saturated heterocycles. The lowest BCUT2D eigenvalue weighted by atomic mass is 10.1. The van der Waals surface area contributed by atoms with Crippen molar-refractivity contribution in [1.29, 1.82) is 0 Å². The van der Waals surface area contributed by atoms with Crippen molar-refractivity contribution in [2.45, 2.75) is 32.9 Å². The molecule has 3 nitrogen and oxygen atoms in total. The molecule has 1 heterocycles. The van der Waals surface area contributed by atoms with E-state index in [1.165, 1.54) is 18.2 Å². The maximum Gasteiger partial charge on any atom is 0.244 e. The Morgan fingerprint density at radius 2 is 1.72 bits per heavy atom. The minimum Gasteiger partial charge on any atom is -0.310 e. The summed E-state index contributed by atoms with van der Waals surface area (Å²) in [5.41, 5.74) is 2.07. The van der Waals surface area contributed by atoms with E-state index in [-0.39, 0.29) is 18.0 Å². The van der Waals surface area contributed by atoms with Crippen molar-refractivity contribution >= 4 is 11.6 Å². The zero-order valence-electron chi connectivity index (χ0n) is 14.5. The number of benzene rings is 2. The summed E-state index contributed by atoms with van der Waals surface area (Å²) in [4.78, 5) is 16.5. The van der Waals surface area contributed by atoms with Crippen LogP contribution in [0.3, 0.4) is 0 Å². The van der Waals surface area contributed by atoms with Gasteiger partial charge in [0, 0.05) is 30.9 Å². The van der Waals surface area contributed by atoms with Crippen LogP contribution < -0.4 is 4.90 Å². The molecule has 0 aromatic heterocycles. The molecule has 0 saturated carbocycles. The number of hydrogen-bond donors (Lipinski definition) is 0. The average Bonchev–Trinajstić information content (AvgIpc) is 2.62. The van der Waals surface area contributed by atoms with Gasteiger partial charge in [0.05, 0.1) is 6.04 Å². The maximum atomic E-state index is 13.9. The van der Waals surface area contributed by atoms with Crippen LogP contribution in [-0.2, 0) is 17.8 Å². The van der Waals surface area contributed by atoms with Crippen molar-refractivity contribution in [2.24, 2.45) is 0 Å². The molecule has 1 aliphatic rings. The smallest absolute Gasteiger partial charge is 0.244 e. The summed E-state index contributed by atoms with van der Waals surface area (Å²) in [6.45, 7) is 5.02. The van der Waals surface area contributed by atoms with Gasteiger partial charge in [0.15, 0.2) is 0 Å². The van der Waals surface area contributed by atoms with Crippen molar-refractivity contribution in [3.05, 3.63) is 65.2 Å². The fourth-order valence-corrected chi connectivity index (χ4v) is 3.33. The van der Waals surface area contributed by atoms with Crippen LogP contribution in [0.1, 0.15) is 25.0 Å². The number of nitrogens with zero attached hydrogens (tertiary/aromatic N) is 2. The highest BCUT2D eigenvalue weighted by atomic mass is 19.1. The van der Waals surface area contributed by atoms with Gasteiger partial charge in [-0.05, 0) is 37.1 Å². The number of halogens is 2. The molecule has 2 aromatic rings. The Hall–Kier alpha value is -2.27. The molecule has 1 amide bonds. The van der Waals surface area contributed by atoms with Gasteiger partial charge < -0.3 is 4.90 Å². The largest absolute Gasteiger partial charge is 0.310 e. The number of rotatable bonds is 4. The summed E-state index contributed by atoms with van der Waals surface area (Å²) >= 11 is 0. The van der Waals surface area contributed by atoms with E-state index in [4.69, 9.17) is 0 Å². The predicted octanol–water partition coefficient (Wildman–Crippen LogP) is 3.76. The van der Waals surface area contributed by atoms with Crippen molar-refractivity contribution in [1.82, 2.24) is 4.90 Å². The SMILES string of the molecule is CCc1ccccc1N1CCN(Cc2c(F)cccc2F)[C@H](C)C1=O. The third kappa shape index (κ3) is 3.42. The lowest BCUT2D eigenvalue weighted by molar-refractivity contribution is -0.125. The van der Waals surface area contributed by atoms with E-state index in [0.717, 1.165) is 17.7 Å². The number of piperazine rings is 1. The standard InChI is InChI=1S/C20H22F2N2O/c1-3-15-7-4-5-10-19(15)24-12-11-23(14(2)20(24)25)13-16-17(21)8-6-9-18(16)22/h4-10,14H,3,11-13H2,1-2H3/t14-/m1/s1. The number of aryl methyl sites for hydroxylation is 1. The summed E-state index contributed by atoms with van der Waals surface area (Å²) in [7, 11) is 0. The molecule has 0 radical (unpaired) electrons. The van der Waals surface area contributed by atoms with Crippen molar-refractivity contribution in [2.75, 3.05) is 18.0 Å². The molecule has 0 spiro atoms. The highest BCUT2D eigenvalue weighted by molar-refractivity contribution is 5.98. The van der Waals surface area contributed by atoms with Gasteiger partial charge in [0.2, 0.25) is 5.91 Å². The van der Waals surface area contributed by atoms with Crippen LogP contribution in [0.4, 0.5) is 14.5 Å². The van der Waals surface area contributed by atoms with Gasteiger partial charge >= 0.3 is 0 Å². The van der Waals surface area contributed by atoms with Gasteiger partial charge in [-0.2, -0.15) is 0 Å². The van der Waals surface area contributed by atoms with Gasteiger partial charge in [-0.3, -0.25) is 9.69 Å². The van der Waals surface area contributed by atoms with Crippen LogP contribution >= 0.6 is 0 Å². The molecule has 5 heteroatoms. The average molecular weight is 344 g/mol. The van der Waals surface area contributed by atoms with Crippen LogP contribution in [0.5, 0.6) is 0 Å². The van der Waals surface area contributed by atoms with E-state index in [0.29, 0.717) is 13.1 Å². The Balaban J connectivity index is 1.80. The van der Waals surface area contributed by atoms with Crippen molar-refractivity contribution in [3.63, 3.8) is 0 Å². The van der Waals surface area contributed by atoms with E-state index >= 15 is 0 Å². The first-order chi connectivity index (χ1) is 12.0. The van der Waals surface area contributed by atoms with Gasteiger partial charge in [-0.15, -0.1) is 0 Å². The Kier molecular flexibility index (Phi) is 5.13. The Bertz CT molecular complexity index is 758. The predicted molar refractivity (Wildman–Crippen MR) is 94.4 cm³/mol. The Morgan fingerprint density at radius 1 is 1.04 bits per heavy atom. The van der Waals surface area contributed by atoms with Gasteiger partial charge in [-0.1, -0.05) is 31.2 Å². The van der Waals surface area contributed by atoms with Crippen LogP contribution in [0.25, 0.3) is 0 Å². The fourth-order valence-electron chi connectivity index (χ4n) is 3.33. The zero-order valence-corrected chi connectivity index (χ0v) is 14.5. The number of hydrogen-bond acceptors (Lipinski definition) is 2. The van der Waals surface area contributed by atoms with E-state index in [1.54, 1.807) is 11.8 Å². The zero-order chi connectivity index (χ0) is 18.0. The lowest BCUT2D eigenvalue weighted by Crippen LogP contribution is -2.55. The molecule has 25 heavy (non-hydrogen) atoms. The van der Waals surface area contributed by atoms with Gasteiger partial charge in [-0.25, -0.2) is 8.78 Å². The summed E-state index contributed by atoms with van der Waals surface area (Å²) in [5.74, 6) is -1.18. The van der Waals surface area contributed by atoms with Crippen molar-refractivity contribution < 1.29 is 13.6 Å². The Labute approximate surface area is 146 Å². The summed E-state index contributed by atoms with van der Waals surface area (Å²) in [6.07, 6.45) is 0.846. The summed E-state index contributed by atoms with van der Waals surface area (Å²) in [6, 6.07) is 11.3. The molecule has 0 N–H and O–H groups in total. The maximum absolute atomic E-state index is 13.9. The quantitative estimate of drug-likeness (QED) is 0.843. The number of carbonyl (C=O) groups is 1. The first kappa shape index (κ1) is 17.5. The van der Waals surface area contributed by atoms with Crippen LogP contribution in [0.2, 0.25) is 0 Å². The molecule has 132 valence electrons. The highest BCUT2D eigenvalue weighted by Gasteiger charge is 2.33. The number of para-hydroxylation sites is 1. The first-order valence-electron chi connectivity index (χ1n) is 8.59. The molecular weight excluding hydrogens is 322 g/mol. The molecule has 3 rings (SSSR count). The first-order valence-corrected chi connectivity index (χ1v) is 8.59. The van der Waals surface area contributed by atoms with Crippen LogP contribution in [0.15, 0.2) is 42.5 Å². The van der Waals surface area contributed by atoms with Gasteiger partial charge in [0.25, 0.3) is 0 Å². The minimum atomic E-state index is -0.571. The lowest BCUT2D eigenvalue weighted by Gasteiger charge is -2.39. The number of anilines is 1. The molecule has 2 aromatic carbocycles. The molecule has 1 aliphatic heterocycles. The fraction of sp³-hybridized carbons (Fsp3) is 0.350. The molecule has 1 atom stereocenters. The third-order valence-electron chi connectivity index (χ3n) is 4.87. The molecule has 0 unspecified atom stereocenters. The molecular formula is C20H22F2N2O. The second-order valence-electron chi connectivity index (χ2n) is 6.32. The van der Waals surface area contributed by atoms with Gasteiger partial charge in [0.1, 0.15) is 11.6 Å². The molecule has 0 aliphatic carbocycles. The Morgan fingerprint density at radius 3 is 2.40 bits per heavy atom. The van der Waals surface area contributed by atoms with E-state index < -0.39 is 17.7 Å². The minimum absolute atomic E-state index is 0.0181. The third-order valence-corrected chi connectivity index (χ3v) is 4.87.